The second-order valence-electron chi connectivity index (χ2n) is 3.90. The molecule has 0 radical (unpaired) electrons. The predicted molar refractivity (Wildman–Crippen MR) is 70.3 cm³/mol. The second kappa shape index (κ2) is 5.94. The molecule has 0 aliphatic heterocycles. The van der Waals surface area contributed by atoms with E-state index in [1.807, 2.05) is 37.2 Å². The Morgan fingerprint density at radius 1 is 1.41 bits per heavy atom. The van der Waals surface area contributed by atoms with Gasteiger partial charge < -0.3 is 15.0 Å². The minimum atomic E-state index is -0.377. The van der Waals surface area contributed by atoms with Crippen molar-refractivity contribution in [2.75, 3.05) is 31.4 Å². The summed E-state index contributed by atoms with van der Waals surface area (Å²) in [6, 6.07) is 6.02. The van der Waals surface area contributed by atoms with E-state index in [1.54, 1.807) is 6.20 Å². The summed E-state index contributed by atoms with van der Waals surface area (Å²) >= 11 is 0. The summed E-state index contributed by atoms with van der Waals surface area (Å²) in [6.45, 7) is 2.06. The van der Waals surface area contributed by atoms with Crippen LogP contribution in [0.3, 0.4) is 0 Å². The number of rotatable bonds is 4. The molecule has 92 valence electrons. The fourth-order valence-electron chi connectivity index (χ4n) is 1.45. The molecule has 1 N–H and O–H groups in total. The van der Waals surface area contributed by atoms with Crippen molar-refractivity contribution in [1.29, 1.82) is 0 Å². The molecule has 0 aliphatic rings. The number of hydrogen-bond acceptors (Lipinski definition) is 4. The summed E-state index contributed by atoms with van der Waals surface area (Å²) in [4.78, 5) is 12.9. The summed E-state index contributed by atoms with van der Waals surface area (Å²) in [7, 11) is 5.34. The van der Waals surface area contributed by atoms with Crippen LogP contribution in [0.25, 0.3) is 0 Å². The van der Waals surface area contributed by atoms with Crippen LogP contribution in [-0.4, -0.2) is 27.2 Å². The first-order valence-electron chi connectivity index (χ1n) is 5.33. The molecule has 17 heavy (non-hydrogen) atoms. The van der Waals surface area contributed by atoms with E-state index in [0.29, 0.717) is 0 Å². The minimum absolute atomic E-state index is 0.377. The molecule has 1 rings (SSSR count). The van der Waals surface area contributed by atoms with Gasteiger partial charge in [0.1, 0.15) is 0 Å². The molecule has 0 saturated heterocycles. The van der Waals surface area contributed by atoms with Crippen molar-refractivity contribution in [3.05, 3.63) is 36.0 Å². The Bertz CT molecular complexity index is 425. The average molecular weight is 234 g/mol. The molecule has 1 aromatic carbocycles. The summed E-state index contributed by atoms with van der Waals surface area (Å²) in [5.74, 6) is -0.377. The molecular weight excluding hydrogens is 216 g/mol. The third-order valence-corrected chi connectivity index (χ3v) is 2.36. The number of nitrogens with zero attached hydrogens (tertiary/aromatic N) is 1. The zero-order chi connectivity index (χ0) is 12.8. The molecule has 0 aliphatic carbocycles. The molecular formula is C13H18N2O2. The van der Waals surface area contributed by atoms with Gasteiger partial charge in [-0.2, -0.15) is 0 Å². The first-order valence-corrected chi connectivity index (χ1v) is 5.33. The van der Waals surface area contributed by atoms with Crippen molar-refractivity contribution >= 4 is 17.3 Å². The third kappa shape index (κ3) is 3.83. The van der Waals surface area contributed by atoms with Gasteiger partial charge in [-0.1, -0.05) is 6.07 Å². The fraction of sp³-hybridized carbons (Fsp3) is 0.308. The molecule has 0 fully saturated rings. The number of esters is 1. The Kier molecular flexibility index (Phi) is 4.57. The lowest BCUT2D eigenvalue weighted by Gasteiger charge is -2.16. The Morgan fingerprint density at radius 2 is 2.12 bits per heavy atom. The first kappa shape index (κ1) is 13.1. The van der Waals surface area contributed by atoms with Crippen LogP contribution >= 0.6 is 0 Å². The number of nitrogens with one attached hydrogen (secondary N) is 1. The van der Waals surface area contributed by atoms with Crippen LogP contribution in [0.5, 0.6) is 0 Å². The topological polar surface area (TPSA) is 41.6 Å². The van der Waals surface area contributed by atoms with Crippen LogP contribution in [0.1, 0.15) is 5.56 Å². The van der Waals surface area contributed by atoms with E-state index in [1.165, 1.54) is 18.7 Å². The largest absolute Gasteiger partial charge is 0.466 e. The monoisotopic (exact) mass is 234 g/mol. The predicted octanol–water partition coefficient (Wildman–Crippen LogP) is 2.16. The van der Waals surface area contributed by atoms with Crippen molar-refractivity contribution in [3.63, 3.8) is 0 Å². The molecule has 0 spiro atoms. The van der Waals surface area contributed by atoms with Gasteiger partial charge in [-0.25, -0.2) is 4.79 Å². The minimum Gasteiger partial charge on any atom is -0.466 e. The van der Waals surface area contributed by atoms with Gasteiger partial charge in [0.25, 0.3) is 0 Å². The zero-order valence-electron chi connectivity index (χ0n) is 10.7. The molecule has 1 aromatic rings. The van der Waals surface area contributed by atoms with E-state index in [-0.39, 0.29) is 5.97 Å². The Labute approximate surface area is 102 Å². The van der Waals surface area contributed by atoms with E-state index < -0.39 is 0 Å². The van der Waals surface area contributed by atoms with Crippen molar-refractivity contribution in [2.24, 2.45) is 0 Å². The molecule has 4 heteroatoms. The van der Waals surface area contributed by atoms with E-state index in [4.69, 9.17) is 0 Å². The number of ether oxygens (including phenoxy) is 1. The highest BCUT2D eigenvalue weighted by atomic mass is 16.5. The van der Waals surface area contributed by atoms with Crippen LogP contribution in [-0.2, 0) is 9.53 Å². The molecule has 4 nitrogen and oxygen atoms in total. The number of hydrogen-bond donors (Lipinski definition) is 1. The molecule has 0 atom stereocenters. The summed E-state index contributed by atoms with van der Waals surface area (Å²) in [5.41, 5.74) is 3.28. The van der Waals surface area contributed by atoms with Gasteiger partial charge in [-0.3, -0.25) is 0 Å². The molecule has 0 unspecified atom stereocenters. The number of methoxy groups -OCH3 is 1. The van der Waals surface area contributed by atoms with Crippen LogP contribution in [0.15, 0.2) is 30.5 Å². The summed E-state index contributed by atoms with van der Waals surface area (Å²) in [6.07, 6.45) is 2.91. The lowest BCUT2D eigenvalue weighted by atomic mass is 10.1. The van der Waals surface area contributed by atoms with Gasteiger partial charge in [-0.05, 0) is 24.6 Å². The van der Waals surface area contributed by atoms with E-state index in [9.17, 15) is 4.79 Å². The SMILES string of the molecule is COC(=O)/C=C/Nc1ccc(C)c(N(C)C)c1. The maximum atomic E-state index is 10.9. The van der Waals surface area contributed by atoms with Gasteiger partial charge in [0.2, 0.25) is 0 Å². The van der Waals surface area contributed by atoms with Crippen molar-refractivity contribution in [1.82, 2.24) is 0 Å². The number of carbonyl (C=O) groups excluding carboxylic acids is 1. The average Bonchev–Trinajstić information content (AvgIpc) is 2.30. The smallest absolute Gasteiger partial charge is 0.331 e. The normalized spacial score (nSPS) is 10.4. The molecule has 0 heterocycles. The van der Waals surface area contributed by atoms with Gasteiger partial charge >= 0.3 is 5.97 Å². The van der Waals surface area contributed by atoms with Crippen LogP contribution in [0.4, 0.5) is 11.4 Å². The maximum Gasteiger partial charge on any atom is 0.331 e. The van der Waals surface area contributed by atoms with Crippen molar-refractivity contribution in [2.45, 2.75) is 6.92 Å². The molecule has 0 aromatic heterocycles. The highest BCUT2D eigenvalue weighted by molar-refractivity contribution is 5.82. The maximum absolute atomic E-state index is 10.9. The lowest BCUT2D eigenvalue weighted by Crippen LogP contribution is -2.10. The van der Waals surface area contributed by atoms with Crippen LogP contribution in [0.2, 0.25) is 0 Å². The van der Waals surface area contributed by atoms with Gasteiger partial charge in [0, 0.05) is 37.7 Å². The van der Waals surface area contributed by atoms with E-state index in [0.717, 1.165) is 11.4 Å². The highest BCUT2D eigenvalue weighted by Crippen LogP contribution is 2.22. The summed E-state index contributed by atoms with van der Waals surface area (Å²) in [5, 5.41) is 3.02. The number of carbonyl (C=O) groups is 1. The Morgan fingerprint density at radius 3 is 2.71 bits per heavy atom. The fourth-order valence-corrected chi connectivity index (χ4v) is 1.45. The molecule has 0 amide bonds. The molecule has 0 saturated carbocycles. The number of anilines is 2. The zero-order valence-corrected chi connectivity index (χ0v) is 10.7. The second-order valence-corrected chi connectivity index (χ2v) is 3.90. The van der Waals surface area contributed by atoms with Crippen molar-refractivity contribution < 1.29 is 9.53 Å². The third-order valence-electron chi connectivity index (χ3n) is 2.36. The van der Waals surface area contributed by atoms with Gasteiger partial charge in [-0.15, -0.1) is 0 Å². The number of aryl methyl sites for hydroxylation is 1. The Hall–Kier alpha value is -1.97. The first-order chi connectivity index (χ1) is 8.04. The number of benzene rings is 1. The standard InChI is InChI=1S/C13H18N2O2/c1-10-5-6-11(9-12(10)15(2)3)14-8-7-13(16)17-4/h5-9,14H,1-4H3/b8-7+. The molecule has 0 bridgehead atoms. The highest BCUT2D eigenvalue weighted by Gasteiger charge is 2.01. The Balaban J connectivity index is 2.76. The lowest BCUT2D eigenvalue weighted by molar-refractivity contribution is -0.134. The quantitative estimate of drug-likeness (QED) is 0.640. The van der Waals surface area contributed by atoms with Gasteiger partial charge in [0.05, 0.1) is 7.11 Å². The van der Waals surface area contributed by atoms with Crippen LogP contribution in [0, 0.1) is 6.92 Å². The van der Waals surface area contributed by atoms with E-state index >= 15 is 0 Å². The summed E-state index contributed by atoms with van der Waals surface area (Å²) < 4.78 is 4.50. The van der Waals surface area contributed by atoms with E-state index in [2.05, 4.69) is 17.0 Å². The van der Waals surface area contributed by atoms with Crippen LogP contribution < -0.4 is 10.2 Å². The van der Waals surface area contributed by atoms with Gasteiger partial charge in [0.15, 0.2) is 0 Å². The van der Waals surface area contributed by atoms with Crippen molar-refractivity contribution in [3.8, 4) is 0 Å².